The summed E-state index contributed by atoms with van der Waals surface area (Å²) in [6.45, 7) is 6.76. The number of hydrogen-bond donors (Lipinski definition) is 2. The van der Waals surface area contributed by atoms with E-state index in [2.05, 4.69) is 13.8 Å². The van der Waals surface area contributed by atoms with Crippen molar-refractivity contribution in [3.8, 4) is 0 Å². The van der Waals surface area contributed by atoms with Crippen molar-refractivity contribution < 1.29 is 4.79 Å². The van der Waals surface area contributed by atoms with Crippen molar-refractivity contribution in [3.63, 3.8) is 0 Å². The summed E-state index contributed by atoms with van der Waals surface area (Å²) >= 11 is 0. The summed E-state index contributed by atoms with van der Waals surface area (Å²) in [7, 11) is 0. The van der Waals surface area contributed by atoms with Crippen LogP contribution in [0.3, 0.4) is 0 Å². The van der Waals surface area contributed by atoms with E-state index < -0.39 is 0 Å². The molecule has 3 N–H and O–H groups in total. The maximum Gasteiger partial charge on any atom is 0.260 e. The average molecular weight is 298 g/mol. The fourth-order valence-corrected chi connectivity index (χ4v) is 1.81. The van der Waals surface area contributed by atoms with Crippen LogP contribution < -0.4 is 5.73 Å². The van der Waals surface area contributed by atoms with E-state index in [0.717, 1.165) is 12.8 Å². The number of nitrogens with two attached hydrogens (primary N) is 1. The van der Waals surface area contributed by atoms with Gasteiger partial charge in [-0.1, -0.05) is 39.3 Å². The van der Waals surface area contributed by atoms with Crippen LogP contribution >= 0.6 is 12.4 Å². The number of hydrogen-bond acceptors (Lipinski definition) is 2. The third kappa shape index (κ3) is 4.85. The summed E-state index contributed by atoms with van der Waals surface area (Å²) in [6.07, 6.45) is 1.80. The van der Waals surface area contributed by atoms with Crippen molar-refractivity contribution >= 4 is 24.3 Å². The number of nitrogens with zero attached hydrogens (tertiary/aromatic N) is 1. The number of halogens is 1. The highest BCUT2D eigenvalue weighted by Gasteiger charge is 2.17. The van der Waals surface area contributed by atoms with E-state index in [4.69, 9.17) is 11.1 Å². The Bertz CT molecular complexity index is 443. The van der Waals surface area contributed by atoms with Crippen LogP contribution in [0.4, 0.5) is 0 Å². The largest absolute Gasteiger partial charge is 0.370 e. The van der Waals surface area contributed by atoms with Crippen LogP contribution in [0.15, 0.2) is 24.3 Å². The van der Waals surface area contributed by atoms with Crippen molar-refractivity contribution in [2.75, 3.05) is 6.54 Å². The molecule has 5 heteroatoms. The smallest absolute Gasteiger partial charge is 0.260 e. The van der Waals surface area contributed by atoms with Gasteiger partial charge in [-0.15, -0.1) is 12.4 Å². The molecule has 1 rings (SSSR count). The lowest BCUT2D eigenvalue weighted by molar-refractivity contribution is 0.0843. The van der Waals surface area contributed by atoms with E-state index in [1.807, 2.05) is 19.1 Å². The fourth-order valence-electron chi connectivity index (χ4n) is 1.81. The van der Waals surface area contributed by atoms with Gasteiger partial charge in [0.15, 0.2) is 5.96 Å². The third-order valence-corrected chi connectivity index (χ3v) is 3.10. The zero-order valence-electron chi connectivity index (χ0n) is 12.3. The molecule has 4 nitrogen and oxygen atoms in total. The standard InChI is InChI=1S/C15H23N3O.ClH/c1-4-5-10-18(15(16)17)14(19)13-8-6-12(7-9-13)11(2)3;/h6-9,11H,4-5,10H2,1-3H3,(H3,16,17);1H. The Hall–Kier alpha value is -1.55. The van der Waals surface area contributed by atoms with Gasteiger partial charge in [0.2, 0.25) is 0 Å². The minimum atomic E-state index is -0.198. The minimum absolute atomic E-state index is 0. The Labute approximate surface area is 127 Å². The molecule has 0 bridgehead atoms. The average Bonchev–Trinajstić information content (AvgIpc) is 2.38. The first-order chi connectivity index (χ1) is 8.97. The second-order valence-corrected chi connectivity index (χ2v) is 4.97. The number of unbranched alkanes of at least 4 members (excludes halogenated alkanes) is 1. The van der Waals surface area contributed by atoms with E-state index in [1.54, 1.807) is 12.1 Å². The monoisotopic (exact) mass is 297 g/mol. The molecule has 20 heavy (non-hydrogen) atoms. The van der Waals surface area contributed by atoms with Crippen molar-refractivity contribution in [3.05, 3.63) is 35.4 Å². The molecule has 112 valence electrons. The van der Waals surface area contributed by atoms with Gasteiger partial charge in [0.1, 0.15) is 0 Å². The summed E-state index contributed by atoms with van der Waals surface area (Å²) < 4.78 is 0. The number of rotatable bonds is 5. The third-order valence-electron chi connectivity index (χ3n) is 3.10. The highest BCUT2D eigenvalue weighted by molar-refractivity contribution is 6.04. The van der Waals surface area contributed by atoms with Gasteiger partial charge in [-0.25, -0.2) is 0 Å². The Balaban J connectivity index is 0.00000361. The number of amides is 1. The minimum Gasteiger partial charge on any atom is -0.370 e. The predicted molar refractivity (Wildman–Crippen MR) is 85.6 cm³/mol. The van der Waals surface area contributed by atoms with Crippen molar-refractivity contribution in [2.24, 2.45) is 5.73 Å². The van der Waals surface area contributed by atoms with Gasteiger partial charge < -0.3 is 5.73 Å². The van der Waals surface area contributed by atoms with Gasteiger partial charge >= 0.3 is 0 Å². The number of carbonyl (C=O) groups excluding carboxylic acids is 1. The van der Waals surface area contributed by atoms with E-state index in [1.165, 1.54) is 10.5 Å². The summed E-state index contributed by atoms with van der Waals surface area (Å²) in [5.74, 6) is 0.0517. The lowest BCUT2D eigenvalue weighted by Gasteiger charge is -2.20. The second kappa shape index (κ2) is 8.59. The first kappa shape index (κ1) is 18.4. The van der Waals surface area contributed by atoms with E-state index in [0.29, 0.717) is 18.0 Å². The first-order valence-electron chi connectivity index (χ1n) is 6.73. The normalized spacial score (nSPS) is 10.0. The van der Waals surface area contributed by atoms with Crippen LogP contribution in [-0.4, -0.2) is 23.3 Å². The SMILES string of the molecule is CCCCN(C(=N)N)C(=O)c1ccc(C(C)C)cc1.Cl. The lowest BCUT2D eigenvalue weighted by atomic mass is 10.0. The molecule has 0 saturated carbocycles. The molecule has 1 aromatic rings. The highest BCUT2D eigenvalue weighted by atomic mass is 35.5. The van der Waals surface area contributed by atoms with Crippen molar-refractivity contribution in [1.82, 2.24) is 4.90 Å². The van der Waals surface area contributed by atoms with E-state index in [9.17, 15) is 4.79 Å². The van der Waals surface area contributed by atoms with Gasteiger partial charge in [0.05, 0.1) is 0 Å². The van der Waals surface area contributed by atoms with Gasteiger partial charge in [-0.3, -0.25) is 15.1 Å². The van der Waals surface area contributed by atoms with Gasteiger partial charge in [0, 0.05) is 12.1 Å². The predicted octanol–water partition coefficient (Wildman–Crippen LogP) is 3.37. The zero-order valence-corrected chi connectivity index (χ0v) is 13.2. The number of benzene rings is 1. The molecule has 0 aromatic heterocycles. The Kier molecular flexibility index (Phi) is 7.92. The first-order valence-corrected chi connectivity index (χ1v) is 6.73. The molecule has 0 aliphatic rings. The number of nitrogens with one attached hydrogen (secondary N) is 1. The van der Waals surface area contributed by atoms with Gasteiger partial charge in [-0.05, 0) is 30.0 Å². The quantitative estimate of drug-likeness (QED) is 0.646. The summed E-state index contributed by atoms with van der Waals surface area (Å²) in [5.41, 5.74) is 7.26. The second-order valence-electron chi connectivity index (χ2n) is 4.97. The van der Waals surface area contributed by atoms with Crippen LogP contribution in [0.2, 0.25) is 0 Å². The topological polar surface area (TPSA) is 70.2 Å². The summed E-state index contributed by atoms with van der Waals surface area (Å²) in [5, 5.41) is 7.50. The molecule has 0 heterocycles. The molecule has 0 saturated heterocycles. The molecular weight excluding hydrogens is 274 g/mol. The highest BCUT2D eigenvalue weighted by Crippen LogP contribution is 2.15. The molecule has 0 radical (unpaired) electrons. The maximum absolute atomic E-state index is 12.3. The molecule has 0 unspecified atom stereocenters. The number of guanidine groups is 1. The summed E-state index contributed by atoms with van der Waals surface area (Å²) in [6, 6.07) is 7.52. The maximum atomic E-state index is 12.3. The van der Waals surface area contributed by atoms with E-state index >= 15 is 0 Å². The van der Waals surface area contributed by atoms with Gasteiger partial charge in [-0.2, -0.15) is 0 Å². The Morgan fingerprint density at radius 3 is 2.25 bits per heavy atom. The van der Waals surface area contributed by atoms with Crippen LogP contribution in [0.1, 0.15) is 55.5 Å². The Morgan fingerprint density at radius 2 is 1.85 bits per heavy atom. The van der Waals surface area contributed by atoms with Crippen LogP contribution in [0.25, 0.3) is 0 Å². The number of carbonyl (C=O) groups is 1. The van der Waals surface area contributed by atoms with E-state index in [-0.39, 0.29) is 24.3 Å². The zero-order chi connectivity index (χ0) is 14.4. The van der Waals surface area contributed by atoms with Crippen LogP contribution in [-0.2, 0) is 0 Å². The van der Waals surface area contributed by atoms with Crippen LogP contribution in [0, 0.1) is 5.41 Å². The molecule has 0 fully saturated rings. The molecule has 0 atom stereocenters. The summed E-state index contributed by atoms with van der Waals surface area (Å²) in [4.78, 5) is 13.6. The molecule has 0 aliphatic heterocycles. The Morgan fingerprint density at radius 1 is 1.30 bits per heavy atom. The van der Waals surface area contributed by atoms with Crippen LogP contribution in [0.5, 0.6) is 0 Å². The van der Waals surface area contributed by atoms with Gasteiger partial charge in [0.25, 0.3) is 5.91 Å². The fraction of sp³-hybridized carbons (Fsp3) is 0.467. The van der Waals surface area contributed by atoms with Crippen molar-refractivity contribution in [2.45, 2.75) is 39.5 Å². The molecule has 1 aromatic carbocycles. The lowest BCUT2D eigenvalue weighted by Crippen LogP contribution is -2.41. The molecule has 0 aliphatic carbocycles. The molecule has 0 spiro atoms. The molecule has 1 amide bonds. The van der Waals surface area contributed by atoms with Crippen molar-refractivity contribution in [1.29, 1.82) is 5.41 Å². The molecular formula is C15H24ClN3O.